The minimum atomic E-state index is -1.07. The van der Waals surface area contributed by atoms with Gasteiger partial charge in [-0.1, -0.05) is 12.1 Å². The van der Waals surface area contributed by atoms with Crippen LogP contribution in [0.25, 0.3) is 0 Å². The van der Waals surface area contributed by atoms with Gasteiger partial charge < -0.3 is 14.7 Å². The van der Waals surface area contributed by atoms with Crippen molar-refractivity contribution in [2.75, 3.05) is 7.05 Å². The van der Waals surface area contributed by atoms with Gasteiger partial charge in [-0.15, -0.1) is 0 Å². The van der Waals surface area contributed by atoms with E-state index in [0.717, 1.165) is 5.56 Å². The molecule has 0 fully saturated rings. The molecule has 1 amide bonds. The Balaban J connectivity index is 2.90. The maximum absolute atomic E-state index is 11.9. The molecule has 0 aromatic heterocycles. The van der Waals surface area contributed by atoms with E-state index in [4.69, 9.17) is 15.1 Å². The van der Waals surface area contributed by atoms with Crippen LogP contribution in [0.4, 0.5) is 4.79 Å². The zero-order valence-electron chi connectivity index (χ0n) is 13.2. The van der Waals surface area contributed by atoms with Crippen LogP contribution >= 0.6 is 0 Å². The second kappa shape index (κ2) is 6.94. The summed E-state index contributed by atoms with van der Waals surface area (Å²) in [6.07, 6.45) is -0.456. The van der Waals surface area contributed by atoms with E-state index in [0.29, 0.717) is 5.56 Å². The van der Waals surface area contributed by atoms with Gasteiger partial charge in [-0.2, -0.15) is 5.26 Å². The molecular weight excluding hydrogens is 284 g/mol. The Bertz CT molecular complexity index is 612. The second-order valence-corrected chi connectivity index (χ2v) is 5.97. The zero-order chi connectivity index (χ0) is 16.9. The Labute approximate surface area is 129 Å². The molecule has 1 N–H and O–H groups in total. The van der Waals surface area contributed by atoms with Gasteiger partial charge in [0.1, 0.15) is 5.60 Å². The fourth-order valence-electron chi connectivity index (χ4n) is 1.86. The van der Waals surface area contributed by atoms with E-state index in [-0.39, 0.29) is 18.5 Å². The summed E-state index contributed by atoms with van der Waals surface area (Å²) in [6.45, 7) is 5.62. The number of carboxylic acids is 1. The number of nitriles is 1. The first-order chi connectivity index (χ1) is 10.1. The number of carboxylic acid groups (broad SMARTS) is 1. The summed E-state index contributed by atoms with van der Waals surface area (Å²) in [6, 6.07) is 6.66. The largest absolute Gasteiger partial charge is 0.478 e. The van der Waals surface area contributed by atoms with E-state index < -0.39 is 17.7 Å². The topological polar surface area (TPSA) is 90.6 Å². The van der Waals surface area contributed by atoms with Gasteiger partial charge in [-0.05, 0) is 38.0 Å². The number of hydrogen-bond donors (Lipinski definition) is 1. The van der Waals surface area contributed by atoms with Gasteiger partial charge >= 0.3 is 12.1 Å². The highest BCUT2D eigenvalue weighted by molar-refractivity contribution is 5.89. The molecule has 6 nitrogen and oxygen atoms in total. The smallest absolute Gasteiger partial charge is 0.410 e. The summed E-state index contributed by atoms with van der Waals surface area (Å²) in [5, 5.41) is 17.9. The van der Waals surface area contributed by atoms with Crippen molar-refractivity contribution in [1.29, 1.82) is 5.26 Å². The van der Waals surface area contributed by atoms with Crippen molar-refractivity contribution in [3.05, 3.63) is 34.9 Å². The second-order valence-electron chi connectivity index (χ2n) is 5.97. The van der Waals surface area contributed by atoms with Crippen LogP contribution < -0.4 is 0 Å². The lowest BCUT2D eigenvalue weighted by Crippen LogP contribution is -2.33. The average Bonchev–Trinajstić information content (AvgIpc) is 2.36. The molecule has 0 spiro atoms. The molecule has 0 radical (unpaired) electrons. The molecule has 22 heavy (non-hydrogen) atoms. The SMILES string of the molecule is CN(Cc1ccc(C(=O)O)c(CC#N)c1)C(=O)OC(C)(C)C. The number of nitrogens with zero attached hydrogens (tertiary/aromatic N) is 2. The maximum atomic E-state index is 11.9. The number of ether oxygens (including phenoxy) is 1. The third-order valence-corrected chi connectivity index (χ3v) is 2.79. The summed E-state index contributed by atoms with van der Waals surface area (Å²) in [4.78, 5) is 24.4. The fraction of sp³-hybridized carbons (Fsp3) is 0.438. The van der Waals surface area contributed by atoms with Crippen LogP contribution in [0.15, 0.2) is 18.2 Å². The van der Waals surface area contributed by atoms with Gasteiger partial charge in [0.2, 0.25) is 0 Å². The Morgan fingerprint density at radius 1 is 1.36 bits per heavy atom. The van der Waals surface area contributed by atoms with Crippen LogP contribution in [-0.2, 0) is 17.7 Å². The van der Waals surface area contributed by atoms with Crippen LogP contribution in [0.1, 0.15) is 42.3 Å². The van der Waals surface area contributed by atoms with Crippen LogP contribution in [-0.4, -0.2) is 34.7 Å². The summed E-state index contributed by atoms with van der Waals surface area (Å²) in [5.41, 5.74) is 0.698. The average molecular weight is 304 g/mol. The summed E-state index contributed by atoms with van der Waals surface area (Å²) >= 11 is 0. The fourth-order valence-corrected chi connectivity index (χ4v) is 1.86. The Kier molecular flexibility index (Phi) is 5.52. The van der Waals surface area contributed by atoms with Gasteiger partial charge in [-0.3, -0.25) is 0 Å². The number of benzene rings is 1. The molecule has 1 aromatic rings. The first-order valence-corrected chi connectivity index (χ1v) is 6.80. The molecule has 118 valence electrons. The number of carbonyl (C=O) groups excluding carboxylic acids is 1. The molecule has 0 atom stereocenters. The molecule has 0 aliphatic carbocycles. The highest BCUT2D eigenvalue weighted by Crippen LogP contribution is 2.16. The van der Waals surface area contributed by atoms with Crippen LogP contribution in [0.2, 0.25) is 0 Å². The van der Waals surface area contributed by atoms with Crippen molar-refractivity contribution >= 4 is 12.1 Å². The molecular formula is C16H20N2O4. The molecule has 1 rings (SSSR count). The number of carbonyl (C=O) groups is 2. The van der Waals surface area contributed by atoms with Crippen LogP contribution in [0.3, 0.4) is 0 Å². The predicted molar refractivity (Wildman–Crippen MR) is 80.4 cm³/mol. The highest BCUT2D eigenvalue weighted by Gasteiger charge is 2.20. The van der Waals surface area contributed by atoms with Crippen molar-refractivity contribution in [2.24, 2.45) is 0 Å². The van der Waals surface area contributed by atoms with Crippen LogP contribution in [0.5, 0.6) is 0 Å². The lowest BCUT2D eigenvalue weighted by molar-refractivity contribution is 0.0284. The number of aromatic carboxylic acids is 1. The van der Waals surface area contributed by atoms with Gasteiger partial charge in [0, 0.05) is 13.6 Å². The van der Waals surface area contributed by atoms with Crippen molar-refractivity contribution in [2.45, 2.75) is 39.3 Å². The normalized spacial score (nSPS) is 10.7. The quantitative estimate of drug-likeness (QED) is 0.923. The molecule has 0 unspecified atom stereocenters. The highest BCUT2D eigenvalue weighted by atomic mass is 16.6. The van der Waals surface area contributed by atoms with Gasteiger partial charge in [0.25, 0.3) is 0 Å². The lowest BCUT2D eigenvalue weighted by atomic mass is 10.0. The molecule has 0 aliphatic heterocycles. The molecule has 0 aliphatic rings. The minimum Gasteiger partial charge on any atom is -0.478 e. The Morgan fingerprint density at radius 3 is 2.50 bits per heavy atom. The zero-order valence-corrected chi connectivity index (χ0v) is 13.2. The van der Waals surface area contributed by atoms with Crippen molar-refractivity contribution in [3.8, 4) is 6.07 Å². The molecule has 0 saturated heterocycles. The van der Waals surface area contributed by atoms with Gasteiger partial charge in [0.05, 0.1) is 18.1 Å². The van der Waals surface area contributed by atoms with E-state index >= 15 is 0 Å². The van der Waals surface area contributed by atoms with Crippen molar-refractivity contribution in [1.82, 2.24) is 4.90 Å². The number of amides is 1. The molecule has 0 heterocycles. The number of rotatable bonds is 4. The summed E-state index contributed by atoms with van der Waals surface area (Å²) in [7, 11) is 1.60. The molecule has 0 saturated carbocycles. The van der Waals surface area contributed by atoms with E-state index in [1.54, 1.807) is 40.0 Å². The third-order valence-electron chi connectivity index (χ3n) is 2.79. The molecule has 6 heteroatoms. The van der Waals surface area contributed by atoms with Crippen LogP contribution in [0, 0.1) is 11.3 Å². The Morgan fingerprint density at radius 2 is 2.00 bits per heavy atom. The Hall–Kier alpha value is -2.55. The predicted octanol–water partition coefficient (Wildman–Crippen LogP) is 2.82. The lowest BCUT2D eigenvalue weighted by Gasteiger charge is -2.24. The van der Waals surface area contributed by atoms with E-state index in [2.05, 4.69) is 0 Å². The van der Waals surface area contributed by atoms with E-state index in [1.165, 1.54) is 11.0 Å². The molecule has 1 aromatic carbocycles. The number of hydrogen-bond acceptors (Lipinski definition) is 4. The third kappa shape index (κ3) is 5.09. The monoisotopic (exact) mass is 304 g/mol. The summed E-state index contributed by atoms with van der Waals surface area (Å²) in [5.74, 6) is -1.07. The first kappa shape index (κ1) is 17.5. The van der Waals surface area contributed by atoms with E-state index in [9.17, 15) is 9.59 Å². The first-order valence-electron chi connectivity index (χ1n) is 6.80. The molecule has 0 bridgehead atoms. The summed E-state index contributed by atoms with van der Waals surface area (Å²) < 4.78 is 5.25. The minimum absolute atomic E-state index is 0.00558. The van der Waals surface area contributed by atoms with Gasteiger partial charge in [0.15, 0.2) is 0 Å². The van der Waals surface area contributed by atoms with Gasteiger partial charge in [-0.25, -0.2) is 9.59 Å². The maximum Gasteiger partial charge on any atom is 0.410 e. The standard InChI is InChI=1S/C16H20N2O4/c1-16(2,3)22-15(21)18(4)10-11-5-6-13(14(19)20)12(9-11)7-8-17/h5-6,9H,7,10H2,1-4H3,(H,19,20). The van der Waals surface area contributed by atoms with Crippen molar-refractivity contribution < 1.29 is 19.4 Å². The van der Waals surface area contributed by atoms with Crippen molar-refractivity contribution in [3.63, 3.8) is 0 Å². The van der Waals surface area contributed by atoms with E-state index in [1.807, 2.05) is 6.07 Å².